The molecule has 0 saturated carbocycles. The van der Waals surface area contributed by atoms with Gasteiger partial charge in [-0.1, -0.05) is 31.3 Å². The maximum Gasteiger partial charge on any atom is 0.210 e. The van der Waals surface area contributed by atoms with Gasteiger partial charge >= 0.3 is 0 Å². The average molecular weight is 314 g/mol. The monoisotopic (exact) mass is 314 g/mol. The van der Waals surface area contributed by atoms with Gasteiger partial charge in [-0.2, -0.15) is 0 Å². The fraction of sp³-hybridized carbons (Fsp3) is 0.353. The summed E-state index contributed by atoms with van der Waals surface area (Å²) in [5.41, 5.74) is 2.20. The Balaban J connectivity index is 1.90. The number of ketones is 1. The van der Waals surface area contributed by atoms with E-state index in [-0.39, 0.29) is 17.0 Å². The molecule has 1 aliphatic carbocycles. The van der Waals surface area contributed by atoms with Crippen LogP contribution in [0.3, 0.4) is 0 Å². The summed E-state index contributed by atoms with van der Waals surface area (Å²) in [7, 11) is 0. The number of allylic oxidation sites excluding steroid dienone is 2. The van der Waals surface area contributed by atoms with E-state index in [1.165, 1.54) is 23.1 Å². The third kappa shape index (κ3) is 2.95. The van der Waals surface area contributed by atoms with Crippen LogP contribution >= 0.6 is 11.3 Å². The SMILES string of the molecule is Cc1ccc2nc(/N=C/C3=C(O)CC(C)(C)CC3=O)sc2c1. The van der Waals surface area contributed by atoms with Gasteiger partial charge in [0.15, 0.2) is 5.78 Å². The molecule has 0 spiro atoms. The van der Waals surface area contributed by atoms with Crippen molar-refractivity contribution in [3.05, 3.63) is 35.1 Å². The lowest BCUT2D eigenvalue weighted by atomic mass is 9.77. The van der Waals surface area contributed by atoms with E-state index in [0.717, 1.165) is 10.2 Å². The first-order valence-corrected chi connectivity index (χ1v) is 8.02. The molecule has 0 atom stereocenters. The van der Waals surface area contributed by atoms with Crippen molar-refractivity contribution in [1.82, 2.24) is 4.98 Å². The molecule has 1 aromatic carbocycles. The van der Waals surface area contributed by atoms with E-state index in [4.69, 9.17) is 0 Å². The van der Waals surface area contributed by atoms with E-state index in [1.54, 1.807) is 0 Å². The molecule has 0 unspecified atom stereocenters. The quantitative estimate of drug-likeness (QED) is 0.830. The number of hydrogen-bond donors (Lipinski definition) is 1. The fourth-order valence-electron chi connectivity index (χ4n) is 2.64. The molecular weight excluding hydrogens is 296 g/mol. The summed E-state index contributed by atoms with van der Waals surface area (Å²) in [6, 6.07) is 6.04. The lowest BCUT2D eigenvalue weighted by molar-refractivity contribution is -0.117. The van der Waals surface area contributed by atoms with E-state index >= 15 is 0 Å². The van der Waals surface area contributed by atoms with Crippen molar-refractivity contribution < 1.29 is 9.90 Å². The van der Waals surface area contributed by atoms with Gasteiger partial charge in [-0.15, -0.1) is 0 Å². The third-order valence-electron chi connectivity index (χ3n) is 3.73. The Kier molecular flexibility index (Phi) is 3.60. The first kappa shape index (κ1) is 14.9. The Hall–Kier alpha value is -2.01. The summed E-state index contributed by atoms with van der Waals surface area (Å²) in [5.74, 6) is 0.0661. The topological polar surface area (TPSA) is 62.6 Å². The lowest BCUT2D eigenvalue weighted by Gasteiger charge is -2.28. The Labute approximate surface area is 133 Å². The van der Waals surface area contributed by atoms with Crippen molar-refractivity contribution in [1.29, 1.82) is 0 Å². The van der Waals surface area contributed by atoms with Crippen LogP contribution in [0.4, 0.5) is 5.13 Å². The van der Waals surface area contributed by atoms with Crippen molar-refractivity contribution in [2.24, 2.45) is 10.4 Å². The van der Waals surface area contributed by atoms with Crippen LogP contribution in [0.5, 0.6) is 0 Å². The molecule has 0 aliphatic heterocycles. The first-order chi connectivity index (χ1) is 10.3. The molecule has 0 radical (unpaired) electrons. The minimum atomic E-state index is -0.189. The van der Waals surface area contributed by atoms with E-state index in [2.05, 4.69) is 16.0 Å². The number of carbonyl (C=O) groups excluding carboxylic acids is 1. The molecule has 0 fully saturated rings. The van der Waals surface area contributed by atoms with Gasteiger partial charge in [0, 0.05) is 19.1 Å². The van der Waals surface area contributed by atoms with Crippen LogP contribution in [-0.4, -0.2) is 22.1 Å². The van der Waals surface area contributed by atoms with Crippen LogP contribution in [0.1, 0.15) is 32.3 Å². The molecule has 1 heterocycles. The van der Waals surface area contributed by atoms with E-state index in [9.17, 15) is 9.90 Å². The molecule has 22 heavy (non-hydrogen) atoms. The number of aliphatic imine (C=N–C) groups is 1. The highest BCUT2D eigenvalue weighted by atomic mass is 32.1. The van der Waals surface area contributed by atoms with Crippen LogP contribution in [0.2, 0.25) is 0 Å². The second-order valence-corrected chi connectivity index (χ2v) is 7.54. The maximum atomic E-state index is 12.1. The zero-order chi connectivity index (χ0) is 15.9. The Morgan fingerprint density at radius 1 is 1.36 bits per heavy atom. The third-order valence-corrected chi connectivity index (χ3v) is 4.66. The molecule has 4 nitrogen and oxygen atoms in total. The predicted octanol–water partition coefficient (Wildman–Crippen LogP) is 4.51. The number of aromatic nitrogens is 1. The van der Waals surface area contributed by atoms with Crippen LogP contribution < -0.4 is 0 Å². The minimum absolute atomic E-state index is 0.0607. The van der Waals surface area contributed by atoms with Crippen molar-refractivity contribution in [2.45, 2.75) is 33.6 Å². The zero-order valence-electron chi connectivity index (χ0n) is 12.9. The number of fused-ring (bicyclic) bond motifs is 1. The Morgan fingerprint density at radius 3 is 2.86 bits per heavy atom. The number of aryl methyl sites for hydroxylation is 1. The number of nitrogens with zero attached hydrogens (tertiary/aromatic N) is 2. The smallest absolute Gasteiger partial charge is 0.210 e. The lowest BCUT2D eigenvalue weighted by Crippen LogP contribution is -2.26. The summed E-state index contributed by atoms with van der Waals surface area (Å²) < 4.78 is 1.07. The molecule has 0 amide bonds. The van der Waals surface area contributed by atoms with Crippen LogP contribution in [0.15, 0.2) is 34.5 Å². The largest absolute Gasteiger partial charge is 0.511 e. The van der Waals surface area contributed by atoms with Gasteiger partial charge in [0.05, 0.1) is 15.8 Å². The number of aliphatic hydroxyl groups is 1. The molecule has 1 aromatic heterocycles. The van der Waals surface area contributed by atoms with Crippen LogP contribution in [-0.2, 0) is 4.79 Å². The Bertz CT molecular complexity index is 815. The Morgan fingerprint density at radius 2 is 2.14 bits per heavy atom. The van der Waals surface area contributed by atoms with Gasteiger partial charge in [-0.25, -0.2) is 9.98 Å². The average Bonchev–Trinajstić information content (AvgIpc) is 2.78. The van der Waals surface area contributed by atoms with Gasteiger partial charge in [0.1, 0.15) is 5.76 Å². The highest BCUT2D eigenvalue weighted by Crippen LogP contribution is 2.35. The molecule has 0 bridgehead atoms. The van der Waals surface area contributed by atoms with Gasteiger partial charge in [-0.3, -0.25) is 4.79 Å². The zero-order valence-corrected chi connectivity index (χ0v) is 13.7. The highest BCUT2D eigenvalue weighted by molar-refractivity contribution is 7.22. The molecule has 5 heteroatoms. The highest BCUT2D eigenvalue weighted by Gasteiger charge is 2.32. The number of rotatable bonds is 2. The number of aliphatic hydroxyl groups excluding tert-OH is 1. The van der Waals surface area contributed by atoms with Crippen molar-refractivity contribution in [2.75, 3.05) is 0 Å². The van der Waals surface area contributed by atoms with E-state index < -0.39 is 0 Å². The number of thiazole rings is 1. The maximum absolute atomic E-state index is 12.1. The second-order valence-electron chi connectivity index (χ2n) is 6.53. The van der Waals surface area contributed by atoms with Crippen molar-refractivity contribution in [3.8, 4) is 0 Å². The number of hydrogen-bond acceptors (Lipinski definition) is 5. The summed E-state index contributed by atoms with van der Waals surface area (Å²) in [6.07, 6.45) is 2.38. The summed E-state index contributed by atoms with van der Waals surface area (Å²) in [5, 5.41) is 10.7. The summed E-state index contributed by atoms with van der Waals surface area (Å²) in [6.45, 7) is 5.99. The van der Waals surface area contributed by atoms with Gasteiger partial charge in [0.2, 0.25) is 5.13 Å². The first-order valence-electron chi connectivity index (χ1n) is 7.21. The normalized spacial score (nSPS) is 18.6. The van der Waals surface area contributed by atoms with Gasteiger partial charge in [0.25, 0.3) is 0 Å². The molecular formula is C17H18N2O2S. The number of carbonyl (C=O) groups is 1. The van der Waals surface area contributed by atoms with E-state index in [1.807, 2.05) is 32.9 Å². The second kappa shape index (κ2) is 5.32. The standard InChI is InChI=1S/C17H18N2O2S/c1-10-4-5-12-15(6-10)22-16(19-12)18-9-11-13(20)7-17(2,3)8-14(11)21/h4-6,9,20H,7-8H2,1-3H3/b18-9+. The van der Waals surface area contributed by atoms with Gasteiger partial charge < -0.3 is 5.11 Å². The number of benzene rings is 1. The summed E-state index contributed by atoms with van der Waals surface area (Å²) in [4.78, 5) is 20.8. The molecule has 1 N–H and O–H groups in total. The molecule has 1 aliphatic rings. The molecule has 3 rings (SSSR count). The van der Waals surface area contributed by atoms with Crippen molar-refractivity contribution in [3.63, 3.8) is 0 Å². The molecule has 0 saturated heterocycles. The molecule has 114 valence electrons. The van der Waals surface area contributed by atoms with Crippen LogP contribution in [0.25, 0.3) is 10.2 Å². The van der Waals surface area contributed by atoms with Crippen molar-refractivity contribution >= 4 is 38.7 Å². The van der Waals surface area contributed by atoms with E-state index in [0.29, 0.717) is 23.5 Å². The van der Waals surface area contributed by atoms with Crippen LogP contribution in [0, 0.1) is 12.3 Å². The number of Topliss-reactive ketones (excluding diaryl/α,β-unsaturated/α-hetero) is 1. The predicted molar refractivity (Wildman–Crippen MR) is 90.2 cm³/mol. The fourth-order valence-corrected chi connectivity index (χ4v) is 3.55. The summed E-state index contributed by atoms with van der Waals surface area (Å²) >= 11 is 1.48. The van der Waals surface area contributed by atoms with Gasteiger partial charge in [-0.05, 0) is 30.0 Å². The molecule has 2 aromatic rings. The minimum Gasteiger partial charge on any atom is -0.511 e.